The lowest BCUT2D eigenvalue weighted by molar-refractivity contribution is -0.132. The second-order valence-corrected chi connectivity index (χ2v) is 7.14. The average molecular weight is 404 g/mol. The van der Waals surface area contributed by atoms with Crippen molar-refractivity contribution in [3.8, 4) is 17.0 Å². The van der Waals surface area contributed by atoms with Crippen molar-refractivity contribution in [1.82, 2.24) is 14.5 Å². The summed E-state index contributed by atoms with van der Waals surface area (Å²) in [4.78, 5) is 33.7. The average Bonchev–Trinajstić information content (AvgIpc) is 2.81. The van der Waals surface area contributed by atoms with Crippen LogP contribution in [0.1, 0.15) is 0 Å². The third-order valence-electron chi connectivity index (χ3n) is 5.32. The normalized spacial score (nSPS) is 13.9. The number of rotatable bonds is 5. The number of nitrogens with zero attached hydrogens (tertiary/aromatic N) is 4. The number of carbonyl (C=O) groups excluding carboxylic acids is 1. The highest BCUT2D eigenvalue weighted by Crippen LogP contribution is 2.26. The summed E-state index contributed by atoms with van der Waals surface area (Å²) in [7, 11) is 1.58. The summed E-state index contributed by atoms with van der Waals surface area (Å²) in [6.07, 6.45) is 1.43. The van der Waals surface area contributed by atoms with E-state index >= 15 is 0 Å². The first-order valence-electron chi connectivity index (χ1n) is 9.93. The highest BCUT2D eigenvalue weighted by molar-refractivity contribution is 5.76. The molecule has 0 unspecified atom stereocenters. The van der Waals surface area contributed by atoms with Gasteiger partial charge in [-0.15, -0.1) is 0 Å². The minimum Gasteiger partial charge on any atom is -0.496 e. The highest BCUT2D eigenvalue weighted by Gasteiger charge is 2.21. The van der Waals surface area contributed by atoms with E-state index < -0.39 is 0 Å². The van der Waals surface area contributed by atoms with Gasteiger partial charge in [0.05, 0.1) is 19.1 Å². The molecule has 0 N–H and O–H groups in total. The van der Waals surface area contributed by atoms with Crippen molar-refractivity contribution in [2.45, 2.75) is 6.54 Å². The molecule has 2 aromatic carbocycles. The van der Waals surface area contributed by atoms with Crippen molar-refractivity contribution < 1.29 is 9.53 Å². The first kappa shape index (κ1) is 19.7. The summed E-state index contributed by atoms with van der Waals surface area (Å²) in [6.45, 7) is 2.80. The predicted molar refractivity (Wildman–Crippen MR) is 116 cm³/mol. The summed E-state index contributed by atoms with van der Waals surface area (Å²) in [5.41, 5.74) is 2.17. The SMILES string of the molecule is COc1ccccc1-c1cc(=O)n(CC(=O)N2CCN(c3ccccc3)CC2)cn1. The summed E-state index contributed by atoms with van der Waals surface area (Å²) in [6, 6.07) is 19.0. The predicted octanol–water partition coefficient (Wildman–Crippen LogP) is 2.27. The van der Waals surface area contributed by atoms with Crippen molar-refractivity contribution in [1.29, 1.82) is 0 Å². The minimum absolute atomic E-state index is 0.0105. The van der Waals surface area contributed by atoms with Crippen LogP contribution in [0.4, 0.5) is 5.69 Å². The molecule has 0 atom stereocenters. The number of methoxy groups -OCH3 is 1. The molecule has 1 aliphatic heterocycles. The number of para-hydroxylation sites is 2. The Kier molecular flexibility index (Phi) is 5.79. The molecule has 4 rings (SSSR count). The van der Waals surface area contributed by atoms with Gasteiger partial charge in [-0.1, -0.05) is 30.3 Å². The van der Waals surface area contributed by atoms with E-state index in [1.165, 1.54) is 17.0 Å². The lowest BCUT2D eigenvalue weighted by Gasteiger charge is -2.36. The van der Waals surface area contributed by atoms with Crippen LogP contribution < -0.4 is 15.2 Å². The van der Waals surface area contributed by atoms with Crippen LogP contribution in [0.15, 0.2) is 71.8 Å². The van der Waals surface area contributed by atoms with E-state index in [0.717, 1.165) is 24.3 Å². The van der Waals surface area contributed by atoms with Gasteiger partial charge in [0.15, 0.2) is 0 Å². The molecule has 3 aromatic rings. The van der Waals surface area contributed by atoms with Crippen LogP contribution in [0.3, 0.4) is 0 Å². The lowest BCUT2D eigenvalue weighted by Crippen LogP contribution is -2.50. The van der Waals surface area contributed by atoms with E-state index in [0.29, 0.717) is 24.5 Å². The summed E-state index contributed by atoms with van der Waals surface area (Å²) >= 11 is 0. The van der Waals surface area contributed by atoms with E-state index in [-0.39, 0.29) is 18.0 Å². The van der Waals surface area contributed by atoms with Crippen molar-refractivity contribution in [3.63, 3.8) is 0 Å². The molecule has 154 valence electrons. The molecule has 0 aliphatic carbocycles. The molecule has 1 saturated heterocycles. The molecule has 7 heteroatoms. The third-order valence-corrected chi connectivity index (χ3v) is 5.32. The molecule has 1 aliphatic rings. The zero-order valence-electron chi connectivity index (χ0n) is 16.9. The van der Waals surface area contributed by atoms with Gasteiger partial charge >= 0.3 is 0 Å². The van der Waals surface area contributed by atoms with Gasteiger partial charge in [0, 0.05) is 43.5 Å². The van der Waals surface area contributed by atoms with E-state index in [1.54, 1.807) is 12.0 Å². The van der Waals surface area contributed by atoms with Gasteiger partial charge < -0.3 is 14.5 Å². The highest BCUT2D eigenvalue weighted by atomic mass is 16.5. The van der Waals surface area contributed by atoms with Crippen LogP contribution in [0.2, 0.25) is 0 Å². The van der Waals surface area contributed by atoms with Gasteiger partial charge in [-0.05, 0) is 24.3 Å². The number of ether oxygens (including phenoxy) is 1. The Morgan fingerprint density at radius 3 is 2.40 bits per heavy atom. The van der Waals surface area contributed by atoms with Gasteiger partial charge in [0.1, 0.15) is 12.3 Å². The topological polar surface area (TPSA) is 67.7 Å². The molecule has 1 fully saturated rings. The summed E-state index contributed by atoms with van der Waals surface area (Å²) < 4.78 is 6.69. The van der Waals surface area contributed by atoms with E-state index in [9.17, 15) is 9.59 Å². The van der Waals surface area contributed by atoms with Crippen LogP contribution in [0, 0.1) is 0 Å². The molecule has 0 saturated carbocycles. The second kappa shape index (κ2) is 8.82. The number of benzene rings is 2. The maximum Gasteiger partial charge on any atom is 0.254 e. The molecule has 1 amide bonds. The van der Waals surface area contributed by atoms with Crippen molar-refractivity contribution in [3.05, 3.63) is 77.3 Å². The number of piperazine rings is 1. The Hall–Kier alpha value is -3.61. The zero-order chi connectivity index (χ0) is 20.9. The Bertz CT molecular complexity index is 1070. The summed E-state index contributed by atoms with van der Waals surface area (Å²) in [5, 5.41) is 0. The van der Waals surface area contributed by atoms with Gasteiger partial charge in [0.25, 0.3) is 5.56 Å². The van der Waals surface area contributed by atoms with Gasteiger partial charge in [-0.3, -0.25) is 14.2 Å². The van der Waals surface area contributed by atoms with Crippen LogP contribution in [0.25, 0.3) is 11.3 Å². The molecular weight excluding hydrogens is 380 g/mol. The van der Waals surface area contributed by atoms with Crippen molar-refractivity contribution in [2.24, 2.45) is 0 Å². The first-order valence-corrected chi connectivity index (χ1v) is 9.93. The second-order valence-electron chi connectivity index (χ2n) is 7.14. The fourth-order valence-electron chi connectivity index (χ4n) is 3.65. The zero-order valence-corrected chi connectivity index (χ0v) is 16.9. The molecule has 0 spiro atoms. The molecule has 0 bridgehead atoms. The van der Waals surface area contributed by atoms with E-state index in [2.05, 4.69) is 22.0 Å². The van der Waals surface area contributed by atoms with Crippen molar-refractivity contribution >= 4 is 11.6 Å². The quantitative estimate of drug-likeness (QED) is 0.653. The third kappa shape index (κ3) is 4.20. The monoisotopic (exact) mass is 404 g/mol. The standard InChI is InChI=1S/C23H24N4O3/c1-30-21-10-6-5-9-19(21)20-15-22(28)27(17-24-20)16-23(29)26-13-11-25(12-14-26)18-7-3-2-4-8-18/h2-10,15,17H,11-14,16H2,1H3. The Morgan fingerprint density at radius 1 is 1.00 bits per heavy atom. The molecule has 30 heavy (non-hydrogen) atoms. The lowest BCUT2D eigenvalue weighted by atomic mass is 10.1. The fourth-order valence-corrected chi connectivity index (χ4v) is 3.65. The van der Waals surface area contributed by atoms with Crippen LogP contribution >= 0.6 is 0 Å². The number of aromatic nitrogens is 2. The fraction of sp³-hybridized carbons (Fsp3) is 0.261. The van der Waals surface area contributed by atoms with Gasteiger partial charge in [-0.2, -0.15) is 0 Å². The smallest absolute Gasteiger partial charge is 0.254 e. The van der Waals surface area contributed by atoms with Gasteiger partial charge in [-0.25, -0.2) is 4.98 Å². The maximum atomic E-state index is 12.7. The molecule has 7 nitrogen and oxygen atoms in total. The largest absolute Gasteiger partial charge is 0.496 e. The number of anilines is 1. The van der Waals surface area contributed by atoms with Crippen LogP contribution in [0.5, 0.6) is 5.75 Å². The number of carbonyl (C=O) groups is 1. The number of hydrogen-bond acceptors (Lipinski definition) is 5. The molecule has 0 radical (unpaired) electrons. The van der Waals surface area contributed by atoms with Gasteiger partial charge in [0.2, 0.25) is 5.91 Å². The Morgan fingerprint density at radius 2 is 1.70 bits per heavy atom. The number of hydrogen-bond donors (Lipinski definition) is 0. The molecule has 2 heterocycles. The molecule has 1 aromatic heterocycles. The Balaban J connectivity index is 1.41. The van der Waals surface area contributed by atoms with Crippen molar-refractivity contribution in [2.75, 3.05) is 38.2 Å². The minimum atomic E-state index is -0.262. The first-order chi connectivity index (χ1) is 14.7. The summed E-state index contributed by atoms with van der Waals surface area (Å²) in [5.74, 6) is 0.575. The number of amides is 1. The van der Waals surface area contributed by atoms with Crippen LogP contribution in [-0.4, -0.2) is 53.6 Å². The maximum absolute atomic E-state index is 12.7. The Labute approximate surface area is 175 Å². The van der Waals surface area contributed by atoms with E-state index in [4.69, 9.17) is 4.74 Å². The van der Waals surface area contributed by atoms with E-state index in [1.807, 2.05) is 42.5 Å². The molecular formula is C23H24N4O3. The van der Waals surface area contributed by atoms with Crippen LogP contribution in [-0.2, 0) is 11.3 Å².